The number of fused-ring (bicyclic) bond motifs is 1. The molecule has 0 fully saturated rings. The molecule has 1 aromatic heterocycles. The lowest BCUT2D eigenvalue weighted by Crippen LogP contribution is -2.42. The van der Waals surface area contributed by atoms with E-state index in [0.29, 0.717) is 31.0 Å². The maximum atomic E-state index is 11.0. The van der Waals surface area contributed by atoms with Crippen molar-refractivity contribution in [1.29, 1.82) is 0 Å². The number of aliphatic hydroxyl groups is 1. The largest absolute Gasteiger partial charge is 0.478 e. The number of carboxylic acids is 1. The number of carbonyl (C=O) groups is 1. The van der Waals surface area contributed by atoms with E-state index in [1.54, 1.807) is 6.92 Å². The summed E-state index contributed by atoms with van der Waals surface area (Å²) in [7, 11) is 0. The van der Waals surface area contributed by atoms with Crippen LogP contribution in [0.15, 0.2) is 30.5 Å². The van der Waals surface area contributed by atoms with Crippen molar-refractivity contribution in [2.75, 3.05) is 11.9 Å². The molecule has 0 saturated heterocycles. The van der Waals surface area contributed by atoms with Crippen molar-refractivity contribution in [1.82, 2.24) is 9.97 Å². The van der Waals surface area contributed by atoms with Crippen molar-refractivity contribution < 1.29 is 15.0 Å². The van der Waals surface area contributed by atoms with E-state index in [0.717, 1.165) is 6.42 Å². The van der Waals surface area contributed by atoms with Crippen LogP contribution < -0.4 is 5.32 Å². The molecule has 6 heteroatoms. The van der Waals surface area contributed by atoms with Crippen molar-refractivity contribution >= 4 is 11.9 Å². The Balaban J connectivity index is 1.69. The number of nitrogens with one attached hydrogen (secondary N) is 1. The Morgan fingerprint density at radius 1 is 1.35 bits per heavy atom. The predicted octanol–water partition coefficient (Wildman–Crippen LogP) is 1.82. The second-order valence-corrected chi connectivity index (χ2v) is 6.02. The molecule has 1 aliphatic rings. The SMILES string of the molecule is Cc1nc(NCC2(O)CCc3ccccc3C2)ncc1C(=O)O. The highest BCUT2D eigenvalue weighted by molar-refractivity contribution is 5.88. The minimum Gasteiger partial charge on any atom is -0.478 e. The van der Waals surface area contributed by atoms with Gasteiger partial charge >= 0.3 is 5.97 Å². The van der Waals surface area contributed by atoms with Crippen LogP contribution in [-0.4, -0.2) is 38.3 Å². The molecule has 1 unspecified atom stereocenters. The topological polar surface area (TPSA) is 95.3 Å². The summed E-state index contributed by atoms with van der Waals surface area (Å²) in [6, 6.07) is 8.14. The van der Waals surface area contributed by atoms with Crippen molar-refractivity contribution in [3.05, 3.63) is 52.8 Å². The van der Waals surface area contributed by atoms with Crippen LogP contribution >= 0.6 is 0 Å². The Hall–Kier alpha value is -2.47. The zero-order chi connectivity index (χ0) is 16.4. The van der Waals surface area contributed by atoms with Crippen LogP contribution in [0.1, 0.15) is 33.6 Å². The Labute approximate surface area is 134 Å². The van der Waals surface area contributed by atoms with Gasteiger partial charge in [0, 0.05) is 19.2 Å². The third kappa shape index (κ3) is 3.32. The molecule has 0 radical (unpaired) electrons. The summed E-state index contributed by atoms with van der Waals surface area (Å²) in [5.74, 6) is -0.712. The summed E-state index contributed by atoms with van der Waals surface area (Å²) < 4.78 is 0. The minimum atomic E-state index is -1.04. The summed E-state index contributed by atoms with van der Waals surface area (Å²) in [4.78, 5) is 19.1. The molecule has 0 saturated carbocycles. The number of benzene rings is 1. The number of hydrogen-bond donors (Lipinski definition) is 3. The first-order valence-electron chi connectivity index (χ1n) is 7.57. The van der Waals surface area contributed by atoms with Crippen LogP contribution in [0.5, 0.6) is 0 Å². The third-order valence-corrected chi connectivity index (χ3v) is 4.28. The second kappa shape index (κ2) is 5.96. The molecule has 0 amide bonds. The van der Waals surface area contributed by atoms with Crippen molar-refractivity contribution in [3.63, 3.8) is 0 Å². The fourth-order valence-corrected chi connectivity index (χ4v) is 2.94. The molecule has 1 heterocycles. The number of nitrogens with zero attached hydrogens (tertiary/aromatic N) is 2. The van der Waals surface area contributed by atoms with E-state index in [4.69, 9.17) is 5.11 Å². The van der Waals surface area contributed by atoms with Gasteiger partial charge in [0.2, 0.25) is 5.95 Å². The van der Waals surface area contributed by atoms with E-state index in [1.165, 1.54) is 17.3 Å². The van der Waals surface area contributed by atoms with Gasteiger partial charge in [-0.15, -0.1) is 0 Å². The first-order valence-corrected chi connectivity index (χ1v) is 7.57. The number of rotatable bonds is 4. The molecule has 1 aliphatic carbocycles. The molecule has 6 nitrogen and oxygen atoms in total. The zero-order valence-electron chi connectivity index (χ0n) is 12.9. The van der Waals surface area contributed by atoms with E-state index < -0.39 is 11.6 Å². The van der Waals surface area contributed by atoms with Crippen molar-refractivity contribution in [2.45, 2.75) is 31.8 Å². The van der Waals surface area contributed by atoms with Crippen molar-refractivity contribution in [2.24, 2.45) is 0 Å². The highest BCUT2D eigenvalue weighted by Gasteiger charge is 2.32. The monoisotopic (exact) mass is 313 g/mol. The number of hydrogen-bond acceptors (Lipinski definition) is 5. The smallest absolute Gasteiger partial charge is 0.339 e. The Bertz CT molecular complexity index is 748. The average molecular weight is 313 g/mol. The highest BCUT2D eigenvalue weighted by atomic mass is 16.4. The number of anilines is 1. The number of aromatic carboxylic acids is 1. The molecular formula is C17H19N3O3. The van der Waals surface area contributed by atoms with Gasteiger partial charge in [0.15, 0.2) is 0 Å². The minimum absolute atomic E-state index is 0.0841. The van der Waals surface area contributed by atoms with Gasteiger partial charge in [-0.1, -0.05) is 24.3 Å². The maximum absolute atomic E-state index is 11.0. The zero-order valence-corrected chi connectivity index (χ0v) is 12.9. The van der Waals surface area contributed by atoms with Gasteiger partial charge in [-0.05, 0) is 30.9 Å². The standard InChI is InChI=1S/C17H19N3O3/c1-11-14(15(21)22)9-18-16(20-11)19-10-17(23)7-6-12-4-2-3-5-13(12)8-17/h2-5,9,23H,6-8,10H2,1H3,(H,21,22)(H,18,19,20). The van der Waals surface area contributed by atoms with Gasteiger partial charge in [-0.3, -0.25) is 0 Å². The molecule has 3 rings (SSSR count). The van der Waals surface area contributed by atoms with Crippen LogP contribution in [0.4, 0.5) is 5.95 Å². The highest BCUT2D eigenvalue weighted by Crippen LogP contribution is 2.28. The molecule has 0 bridgehead atoms. The summed E-state index contributed by atoms with van der Waals surface area (Å²) >= 11 is 0. The molecule has 0 aliphatic heterocycles. The average Bonchev–Trinajstić information content (AvgIpc) is 2.52. The van der Waals surface area contributed by atoms with Gasteiger partial charge in [0.05, 0.1) is 16.9 Å². The van der Waals surface area contributed by atoms with Gasteiger partial charge in [0.1, 0.15) is 0 Å². The second-order valence-electron chi connectivity index (χ2n) is 6.02. The summed E-state index contributed by atoms with van der Waals surface area (Å²) in [5.41, 5.74) is 2.09. The molecule has 23 heavy (non-hydrogen) atoms. The van der Waals surface area contributed by atoms with E-state index in [9.17, 15) is 9.90 Å². The first kappa shape index (κ1) is 15.4. The van der Waals surface area contributed by atoms with Crippen LogP contribution in [0, 0.1) is 6.92 Å². The number of aryl methyl sites for hydroxylation is 2. The molecule has 2 aromatic rings. The molecule has 120 valence electrons. The molecular weight excluding hydrogens is 294 g/mol. The van der Waals surface area contributed by atoms with Gasteiger partial charge < -0.3 is 15.5 Å². The van der Waals surface area contributed by atoms with Crippen LogP contribution in [0.2, 0.25) is 0 Å². The van der Waals surface area contributed by atoms with E-state index in [-0.39, 0.29) is 5.56 Å². The van der Waals surface area contributed by atoms with Crippen LogP contribution in [-0.2, 0) is 12.8 Å². The predicted molar refractivity (Wildman–Crippen MR) is 85.6 cm³/mol. The van der Waals surface area contributed by atoms with Gasteiger partial charge in [0.25, 0.3) is 0 Å². The normalized spacial score (nSPS) is 19.9. The lowest BCUT2D eigenvalue weighted by Gasteiger charge is -2.33. The van der Waals surface area contributed by atoms with Crippen LogP contribution in [0.25, 0.3) is 0 Å². The molecule has 3 N–H and O–H groups in total. The van der Waals surface area contributed by atoms with Crippen molar-refractivity contribution in [3.8, 4) is 0 Å². The lowest BCUT2D eigenvalue weighted by molar-refractivity contribution is 0.0394. The van der Waals surface area contributed by atoms with E-state index in [2.05, 4.69) is 21.4 Å². The number of carboxylic acid groups (broad SMARTS) is 1. The fourth-order valence-electron chi connectivity index (χ4n) is 2.94. The Morgan fingerprint density at radius 2 is 2.09 bits per heavy atom. The number of aromatic nitrogens is 2. The summed E-state index contributed by atoms with van der Waals surface area (Å²) in [6.07, 6.45) is 3.38. The Kier molecular flexibility index (Phi) is 4.00. The lowest BCUT2D eigenvalue weighted by atomic mass is 9.80. The van der Waals surface area contributed by atoms with E-state index >= 15 is 0 Å². The third-order valence-electron chi connectivity index (χ3n) is 4.28. The van der Waals surface area contributed by atoms with Gasteiger partial charge in [-0.2, -0.15) is 0 Å². The van der Waals surface area contributed by atoms with Crippen LogP contribution in [0.3, 0.4) is 0 Å². The first-order chi connectivity index (χ1) is 11.0. The Morgan fingerprint density at radius 3 is 2.78 bits per heavy atom. The molecule has 1 atom stereocenters. The molecule has 1 aromatic carbocycles. The fraction of sp³-hybridized carbons (Fsp3) is 0.353. The molecule has 0 spiro atoms. The maximum Gasteiger partial charge on any atom is 0.339 e. The quantitative estimate of drug-likeness (QED) is 0.797. The van der Waals surface area contributed by atoms with E-state index in [1.807, 2.05) is 18.2 Å². The van der Waals surface area contributed by atoms with Gasteiger partial charge in [-0.25, -0.2) is 14.8 Å². The summed E-state index contributed by atoms with van der Waals surface area (Å²) in [6.45, 7) is 1.95. The summed E-state index contributed by atoms with van der Waals surface area (Å²) in [5, 5.41) is 22.8.